The van der Waals surface area contributed by atoms with Gasteiger partial charge < -0.3 is 5.32 Å². The van der Waals surface area contributed by atoms with Gasteiger partial charge in [0, 0.05) is 23.7 Å². The first-order valence-corrected chi connectivity index (χ1v) is 5.49. The SMILES string of the molecule is CNCC1CCCc2[nH]nc(Br)c21. The van der Waals surface area contributed by atoms with Crippen molar-refractivity contribution in [3.63, 3.8) is 0 Å². The number of hydrogen-bond acceptors (Lipinski definition) is 2. The zero-order chi connectivity index (χ0) is 9.26. The standard InChI is InChI=1S/C9H14BrN3/c1-11-5-6-3-2-4-7-8(6)9(10)13-12-7/h6,11H,2-5H2,1H3,(H,12,13). The third kappa shape index (κ3) is 1.65. The summed E-state index contributed by atoms with van der Waals surface area (Å²) in [5.41, 5.74) is 2.71. The molecule has 0 fully saturated rings. The summed E-state index contributed by atoms with van der Waals surface area (Å²) in [6.45, 7) is 1.05. The molecule has 0 aromatic carbocycles. The Morgan fingerprint density at radius 2 is 2.54 bits per heavy atom. The van der Waals surface area contributed by atoms with Crippen LogP contribution in [0.4, 0.5) is 0 Å². The first kappa shape index (κ1) is 9.21. The molecule has 0 radical (unpaired) electrons. The van der Waals surface area contributed by atoms with Crippen molar-refractivity contribution in [2.75, 3.05) is 13.6 Å². The molecule has 1 aliphatic carbocycles. The normalized spacial score (nSPS) is 21.5. The van der Waals surface area contributed by atoms with Crippen LogP contribution >= 0.6 is 15.9 Å². The van der Waals surface area contributed by atoms with Gasteiger partial charge in [-0.1, -0.05) is 0 Å². The van der Waals surface area contributed by atoms with E-state index in [0.29, 0.717) is 5.92 Å². The Kier molecular flexibility index (Phi) is 2.69. The van der Waals surface area contributed by atoms with Crippen LogP contribution in [0.15, 0.2) is 4.60 Å². The molecule has 72 valence electrons. The van der Waals surface area contributed by atoms with E-state index in [1.807, 2.05) is 7.05 Å². The van der Waals surface area contributed by atoms with Crippen LogP contribution in [-0.4, -0.2) is 23.8 Å². The summed E-state index contributed by atoms with van der Waals surface area (Å²) in [6, 6.07) is 0. The van der Waals surface area contributed by atoms with E-state index in [4.69, 9.17) is 0 Å². The Balaban J connectivity index is 2.29. The number of halogens is 1. The molecule has 1 heterocycles. The largest absolute Gasteiger partial charge is 0.319 e. The van der Waals surface area contributed by atoms with Gasteiger partial charge in [0.25, 0.3) is 0 Å². The summed E-state index contributed by atoms with van der Waals surface area (Å²) in [5, 5.41) is 10.5. The van der Waals surface area contributed by atoms with Crippen molar-refractivity contribution >= 4 is 15.9 Å². The molecule has 1 aromatic rings. The van der Waals surface area contributed by atoms with Gasteiger partial charge in [-0.25, -0.2) is 0 Å². The van der Waals surface area contributed by atoms with Crippen molar-refractivity contribution in [3.05, 3.63) is 15.9 Å². The van der Waals surface area contributed by atoms with Gasteiger partial charge >= 0.3 is 0 Å². The van der Waals surface area contributed by atoms with Gasteiger partial charge in [0.2, 0.25) is 0 Å². The topological polar surface area (TPSA) is 40.7 Å². The van der Waals surface area contributed by atoms with Crippen molar-refractivity contribution in [1.29, 1.82) is 0 Å². The van der Waals surface area contributed by atoms with E-state index in [9.17, 15) is 0 Å². The monoisotopic (exact) mass is 243 g/mol. The highest BCUT2D eigenvalue weighted by atomic mass is 79.9. The molecular formula is C9H14BrN3. The third-order valence-corrected chi connectivity index (χ3v) is 3.28. The predicted octanol–water partition coefficient (Wildman–Crippen LogP) is 1.81. The van der Waals surface area contributed by atoms with E-state index in [-0.39, 0.29) is 0 Å². The van der Waals surface area contributed by atoms with Crippen LogP contribution in [0.25, 0.3) is 0 Å². The quantitative estimate of drug-likeness (QED) is 0.833. The number of hydrogen-bond donors (Lipinski definition) is 2. The molecule has 1 unspecified atom stereocenters. The summed E-state index contributed by atoms with van der Waals surface area (Å²) in [4.78, 5) is 0. The van der Waals surface area contributed by atoms with Gasteiger partial charge in [-0.3, -0.25) is 5.10 Å². The number of nitrogens with one attached hydrogen (secondary N) is 2. The van der Waals surface area contributed by atoms with Crippen LogP contribution < -0.4 is 5.32 Å². The number of aromatic nitrogens is 2. The number of rotatable bonds is 2. The van der Waals surface area contributed by atoms with E-state index in [0.717, 1.165) is 17.6 Å². The van der Waals surface area contributed by atoms with E-state index in [1.54, 1.807) is 0 Å². The number of aryl methyl sites for hydroxylation is 1. The maximum Gasteiger partial charge on any atom is 0.131 e. The lowest BCUT2D eigenvalue weighted by molar-refractivity contribution is 0.525. The average Bonchev–Trinajstić information content (AvgIpc) is 2.50. The lowest BCUT2D eigenvalue weighted by atomic mass is 9.87. The van der Waals surface area contributed by atoms with Crippen LogP contribution in [0.1, 0.15) is 30.0 Å². The number of H-pyrrole nitrogens is 1. The fraction of sp³-hybridized carbons (Fsp3) is 0.667. The zero-order valence-corrected chi connectivity index (χ0v) is 9.32. The molecule has 1 aromatic heterocycles. The van der Waals surface area contributed by atoms with E-state index < -0.39 is 0 Å². The Labute approximate surface area is 86.4 Å². The first-order valence-electron chi connectivity index (χ1n) is 4.70. The Morgan fingerprint density at radius 3 is 3.31 bits per heavy atom. The molecule has 13 heavy (non-hydrogen) atoms. The Morgan fingerprint density at radius 1 is 1.69 bits per heavy atom. The molecule has 0 saturated heterocycles. The second-order valence-electron chi connectivity index (χ2n) is 3.55. The fourth-order valence-corrected chi connectivity index (χ4v) is 2.74. The highest BCUT2D eigenvalue weighted by molar-refractivity contribution is 9.10. The number of likely N-dealkylation sites (N-methyl/N-ethyl adjacent to an activating group) is 1. The van der Waals surface area contributed by atoms with Gasteiger partial charge in [-0.2, -0.15) is 5.10 Å². The molecule has 1 aliphatic rings. The summed E-state index contributed by atoms with van der Waals surface area (Å²) in [7, 11) is 2.00. The molecule has 4 heteroatoms. The minimum Gasteiger partial charge on any atom is -0.319 e. The predicted molar refractivity (Wildman–Crippen MR) is 55.9 cm³/mol. The first-order chi connectivity index (χ1) is 6.33. The molecule has 0 saturated carbocycles. The second kappa shape index (κ2) is 3.80. The lowest BCUT2D eigenvalue weighted by Gasteiger charge is -2.21. The molecule has 2 N–H and O–H groups in total. The zero-order valence-electron chi connectivity index (χ0n) is 7.73. The van der Waals surface area contributed by atoms with Gasteiger partial charge in [0.1, 0.15) is 4.60 Å². The molecule has 0 amide bonds. The van der Waals surface area contributed by atoms with Crippen LogP contribution in [-0.2, 0) is 6.42 Å². The molecule has 3 nitrogen and oxygen atoms in total. The Bertz CT molecular complexity index is 295. The van der Waals surface area contributed by atoms with Crippen LogP contribution in [0.3, 0.4) is 0 Å². The van der Waals surface area contributed by atoms with Gasteiger partial charge in [-0.05, 0) is 42.2 Å². The summed E-state index contributed by atoms with van der Waals surface area (Å²) in [5.74, 6) is 0.627. The van der Waals surface area contributed by atoms with Crippen molar-refractivity contribution in [1.82, 2.24) is 15.5 Å². The second-order valence-corrected chi connectivity index (χ2v) is 4.30. The Hall–Kier alpha value is -0.350. The average molecular weight is 244 g/mol. The van der Waals surface area contributed by atoms with E-state index in [1.165, 1.54) is 24.1 Å². The van der Waals surface area contributed by atoms with E-state index in [2.05, 4.69) is 31.4 Å². The molecule has 0 aliphatic heterocycles. The van der Waals surface area contributed by atoms with Gasteiger partial charge in [-0.15, -0.1) is 0 Å². The maximum atomic E-state index is 4.19. The minimum atomic E-state index is 0.627. The fourth-order valence-electron chi connectivity index (χ4n) is 2.09. The maximum absolute atomic E-state index is 4.19. The summed E-state index contributed by atoms with van der Waals surface area (Å²) in [6.07, 6.45) is 3.69. The molecule has 0 bridgehead atoms. The molecular weight excluding hydrogens is 230 g/mol. The van der Waals surface area contributed by atoms with Crippen molar-refractivity contribution < 1.29 is 0 Å². The van der Waals surface area contributed by atoms with Gasteiger partial charge in [0.15, 0.2) is 0 Å². The third-order valence-electron chi connectivity index (χ3n) is 2.67. The van der Waals surface area contributed by atoms with Crippen molar-refractivity contribution in [2.45, 2.75) is 25.2 Å². The minimum absolute atomic E-state index is 0.627. The number of nitrogens with zero attached hydrogens (tertiary/aromatic N) is 1. The lowest BCUT2D eigenvalue weighted by Crippen LogP contribution is -2.20. The van der Waals surface area contributed by atoms with Crippen LogP contribution in [0.2, 0.25) is 0 Å². The van der Waals surface area contributed by atoms with Crippen molar-refractivity contribution in [2.24, 2.45) is 0 Å². The molecule has 1 atom stereocenters. The van der Waals surface area contributed by atoms with E-state index >= 15 is 0 Å². The molecule has 2 rings (SSSR count). The number of aromatic amines is 1. The highest BCUT2D eigenvalue weighted by Crippen LogP contribution is 2.34. The smallest absolute Gasteiger partial charge is 0.131 e. The van der Waals surface area contributed by atoms with Crippen molar-refractivity contribution in [3.8, 4) is 0 Å². The van der Waals surface area contributed by atoms with Crippen LogP contribution in [0.5, 0.6) is 0 Å². The van der Waals surface area contributed by atoms with Gasteiger partial charge in [0.05, 0.1) is 0 Å². The number of fused-ring (bicyclic) bond motifs is 1. The summed E-state index contributed by atoms with van der Waals surface area (Å²) >= 11 is 3.49. The molecule has 0 spiro atoms. The summed E-state index contributed by atoms with van der Waals surface area (Å²) < 4.78 is 1.00. The highest BCUT2D eigenvalue weighted by Gasteiger charge is 2.24. The van der Waals surface area contributed by atoms with Crippen LogP contribution in [0, 0.1) is 0 Å².